The Balaban J connectivity index is 1.67. The molecule has 0 atom stereocenters. The molecule has 1 saturated heterocycles. The van der Waals surface area contributed by atoms with Gasteiger partial charge < -0.3 is 14.8 Å². The van der Waals surface area contributed by atoms with Gasteiger partial charge in [-0.05, 0) is 24.5 Å². The minimum absolute atomic E-state index is 0.212. The molecule has 92 valence electrons. The summed E-state index contributed by atoms with van der Waals surface area (Å²) in [5.41, 5.74) is 2.86. The smallest absolute Gasteiger partial charge is 0.121 e. The zero-order valence-electron chi connectivity index (χ0n) is 10.3. The minimum Gasteiger partial charge on any atom is -0.493 e. The van der Waals surface area contributed by atoms with Crippen LogP contribution in [0.5, 0.6) is 5.75 Å². The van der Waals surface area contributed by atoms with Gasteiger partial charge >= 0.3 is 0 Å². The quantitative estimate of drug-likeness (QED) is 0.870. The Morgan fingerprint density at radius 1 is 1.41 bits per heavy atom. The third-order valence-electron chi connectivity index (χ3n) is 3.51. The summed E-state index contributed by atoms with van der Waals surface area (Å²) in [7, 11) is 0. The Kier molecular flexibility index (Phi) is 2.71. The summed E-state index contributed by atoms with van der Waals surface area (Å²) in [6.07, 6.45) is 2.40. The molecule has 2 heterocycles. The number of rotatable bonds is 3. The summed E-state index contributed by atoms with van der Waals surface area (Å²) in [4.78, 5) is 0. The second kappa shape index (κ2) is 4.22. The van der Waals surface area contributed by atoms with E-state index in [0.29, 0.717) is 0 Å². The van der Waals surface area contributed by atoms with Crippen LogP contribution in [0.1, 0.15) is 18.9 Å². The number of ether oxygens (including phenoxy) is 2. The summed E-state index contributed by atoms with van der Waals surface area (Å²) in [6.45, 7) is 5.65. The van der Waals surface area contributed by atoms with Gasteiger partial charge in [-0.2, -0.15) is 0 Å². The van der Waals surface area contributed by atoms with Crippen molar-refractivity contribution in [2.24, 2.45) is 5.41 Å². The summed E-state index contributed by atoms with van der Waals surface area (Å²) in [6, 6.07) is 6.38. The Morgan fingerprint density at radius 3 is 3.06 bits per heavy atom. The molecule has 0 aromatic heterocycles. The Bertz CT molecular complexity index is 413. The third kappa shape index (κ3) is 2.25. The number of aryl methyl sites for hydroxylation is 1. The van der Waals surface area contributed by atoms with Gasteiger partial charge in [-0.25, -0.2) is 0 Å². The van der Waals surface area contributed by atoms with Crippen LogP contribution in [0.25, 0.3) is 0 Å². The van der Waals surface area contributed by atoms with Crippen molar-refractivity contribution in [2.75, 3.05) is 31.7 Å². The number of hydrogen-bond acceptors (Lipinski definition) is 3. The largest absolute Gasteiger partial charge is 0.493 e. The summed E-state index contributed by atoms with van der Waals surface area (Å²) >= 11 is 0. The monoisotopic (exact) mass is 233 g/mol. The summed E-state index contributed by atoms with van der Waals surface area (Å²) in [5.74, 6) is 0.964. The molecule has 0 spiro atoms. The van der Waals surface area contributed by atoms with Crippen LogP contribution in [-0.4, -0.2) is 26.4 Å². The second-order valence-electron chi connectivity index (χ2n) is 5.44. The van der Waals surface area contributed by atoms with Gasteiger partial charge in [0.15, 0.2) is 0 Å². The lowest BCUT2D eigenvalue weighted by Crippen LogP contribution is -2.44. The van der Waals surface area contributed by atoms with Gasteiger partial charge in [0, 0.05) is 23.7 Å². The van der Waals surface area contributed by atoms with Crippen molar-refractivity contribution in [1.82, 2.24) is 0 Å². The molecule has 1 N–H and O–H groups in total. The molecule has 3 nitrogen and oxygen atoms in total. The number of anilines is 1. The predicted molar refractivity (Wildman–Crippen MR) is 67.7 cm³/mol. The number of nitrogens with one attached hydrogen (secondary N) is 1. The first kappa shape index (κ1) is 10.9. The van der Waals surface area contributed by atoms with E-state index in [4.69, 9.17) is 9.47 Å². The first-order chi connectivity index (χ1) is 8.25. The first-order valence-electron chi connectivity index (χ1n) is 6.33. The molecule has 0 bridgehead atoms. The lowest BCUT2D eigenvalue weighted by Gasteiger charge is -2.37. The molecular formula is C14H19NO2. The number of benzene rings is 1. The van der Waals surface area contributed by atoms with E-state index < -0.39 is 0 Å². The van der Waals surface area contributed by atoms with Crippen LogP contribution in [0, 0.1) is 5.41 Å². The maximum absolute atomic E-state index is 5.86. The lowest BCUT2D eigenvalue weighted by molar-refractivity contribution is -0.120. The maximum atomic E-state index is 5.86. The van der Waals surface area contributed by atoms with Crippen molar-refractivity contribution in [3.63, 3.8) is 0 Å². The highest BCUT2D eigenvalue weighted by atomic mass is 16.5. The number of hydrogen-bond donors (Lipinski definition) is 1. The van der Waals surface area contributed by atoms with Crippen molar-refractivity contribution in [2.45, 2.75) is 19.8 Å². The number of fused-ring (bicyclic) bond motifs is 1. The first-order valence-corrected chi connectivity index (χ1v) is 6.33. The van der Waals surface area contributed by atoms with Crippen LogP contribution in [0.4, 0.5) is 5.69 Å². The van der Waals surface area contributed by atoms with Gasteiger partial charge in [0.05, 0.1) is 19.8 Å². The van der Waals surface area contributed by atoms with Crippen molar-refractivity contribution < 1.29 is 9.47 Å². The molecule has 3 rings (SSSR count). The molecule has 1 aromatic carbocycles. The highest BCUT2D eigenvalue weighted by Crippen LogP contribution is 2.30. The van der Waals surface area contributed by atoms with Crippen LogP contribution in [0.2, 0.25) is 0 Å². The van der Waals surface area contributed by atoms with Gasteiger partial charge in [0.2, 0.25) is 0 Å². The van der Waals surface area contributed by atoms with E-state index in [9.17, 15) is 0 Å². The fourth-order valence-electron chi connectivity index (χ4n) is 2.32. The van der Waals surface area contributed by atoms with E-state index in [1.807, 2.05) is 0 Å². The van der Waals surface area contributed by atoms with Gasteiger partial charge in [0.1, 0.15) is 5.75 Å². The topological polar surface area (TPSA) is 30.5 Å². The van der Waals surface area contributed by atoms with Crippen molar-refractivity contribution in [3.05, 3.63) is 23.8 Å². The van der Waals surface area contributed by atoms with Crippen LogP contribution >= 0.6 is 0 Å². The lowest BCUT2D eigenvalue weighted by atomic mass is 9.90. The molecule has 1 fully saturated rings. The van der Waals surface area contributed by atoms with E-state index in [-0.39, 0.29) is 5.41 Å². The fraction of sp³-hybridized carbons (Fsp3) is 0.571. The molecule has 1 aromatic rings. The summed E-state index contributed by atoms with van der Waals surface area (Å²) in [5, 5.41) is 3.42. The van der Waals surface area contributed by atoms with Crippen LogP contribution < -0.4 is 10.1 Å². The average Bonchev–Trinajstić information content (AvgIpc) is 2.34. The molecule has 2 aliphatic heterocycles. The maximum Gasteiger partial charge on any atom is 0.121 e. The van der Waals surface area contributed by atoms with E-state index in [0.717, 1.165) is 32.1 Å². The Morgan fingerprint density at radius 2 is 2.29 bits per heavy atom. The normalized spacial score (nSPS) is 21.0. The molecule has 0 unspecified atom stereocenters. The zero-order chi connectivity index (χ0) is 11.7. The van der Waals surface area contributed by atoms with E-state index >= 15 is 0 Å². The molecule has 3 heteroatoms. The van der Waals surface area contributed by atoms with Crippen molar-refractivity contribution in [3.8, 4) is 5.75 Å². The third-order valence-corrected chi connectivity index (χ3v) is 3.51. The average molecular weight is 233 g/mol. The van der Waals surface area contributed by atoms with Gasteiger partial charge in [0.25, 0.3) is 0 Å². The van der Waals surface area contributed by atoms with Crippen LogP contribution in [-0.2, 0) is 11.2 Å². The Labute approximate surface area is 102 Å². The zero-order valence-corrected chi connectivity index (χ0v) is 10.3. The van der Waals surface area contributed by atoms with Gasteiger partial charge in [-0.1, -0.05) is 13.0 Å². The standard InChI is InChI=1S/C14H19NO2/c1-14(8-16-9-14)10-17-12-5-4-11-3-2-6-15-13(11)7-12/h4-5,7,15H,2-3,6,8-10H2,1H3. The molecule has 2 aliphatic rings. The molecule has 0 amide bonds. The van der Waals surface area contributed by atoms with E-state index in [2.05, 4.69) is 30.4 Å². The SMILES string of the molecule is CC1(COc2ccc3c(c2)NCCC3)COC1. The molecule has 0 aliphatic carbocycles. The van der Waals surface area contributed by atoms with Gasteiger partial charge in [-0.15, -0.1) is 0 Å². The summed E-state index contributed by atoms with van der Waals surface area (Å²) < 4.78 is 11.1. The van der Waals surface area contributed by atoms with Crippen LogP contribution in [0.15, 0.2) is 18.2 Å². The van der Waals surface area contributed by atoms with Crippen LogP contribution in [0.3, 0.4) is 0 Å². The van der Waals surface area contributed by atoms with Gasteiger partial charge in [-0.3, -0.25) is 0 Å². The fourth-order valence-corrected chi connectivity index (χ4v) is 2.32. The molecule has 17 heavy (non-hydrogen) atoms. The molecule has 0 saturated carbocycles. The van der Waals surface area contributed by atoms with E-state index in [1.54, 1.807) is 0 Å². The molecular weight excluding hydrogens is 214 g/mol. The highest BCUT2D eigenvalue weighted by molar-refractivity contribution is 5.56. The molecule has 0 radical (unpaired) electrons. The Hall–Kier alpha value is -1.22. The minimum atomic E-state index is 0.212. The predicted octanol–water partition coefficient (Wildman–Crippen LogP) is 2.46. The van der Waals surface area contributed by atoms with Crippen molar-refractivity contribution in [1.29, 1.82) is 0 Å². The van der Waals surface area contributed by atoms with E-state index in [1.165, 1.54) is 24.1 Å². The highest BCUT2D eigenvalue weighted by Gasteiger charge is 2.34. The van der Waals surface area contributed by atoms with Crippen molar-refractivity contribution >= 4 is 5.69 Å². The second-order valence-corrected chi connectivity index (χ2v) is 5.44.